The van der Waals surface area contributed by atoms with Crippen LogP contribution in [-0.2, 0) is 7.05 Å². The maximum atomic E-state index is 5.79. The number of hydrogen-bond acceptors (Lipinski definition) is 3. The lowest BCUT2D eigenvalue weighted by atomic mass is 10.1. The van der Waals surface area contributed by atoms with Crippen molar-refractivity contribution in [2.24, 2.45) is 18.7 Å². The highest BCUT2D eigenvalue weighted by Gasteiger charge is 2.06. The maximum absolute atomic E-state index is 5.79. The molecule has 0 bridgehead atoms. The van der Waals surface area contributed by atoms with Gasteiger partial charge >= 0.3 is 0 Å². The zero-order chi connectivity index (χ0) is 10.7. The fourth-order valence-electron chi connectivity index (χ4n) is 0.783. The number of halogens is 1. The predicted molar refractivity (Wildman–Crippen MR) is 58.4 cm³/mol. The second-order valence-corrected chi connectivity index (χ2v) is 4.14. The minimum atomic E-state index is -0.114. The summed E-state index contributed by atoms with van der Waals surface area (Å²) in [6.07, 6.45) is 0. The number of hydrogen-bond donors (Lipinski definition) is 1. The molecule has 4 nitrogen and oxygen atoms in total. The van der Waals surface area contributed by atoms with Crippen LogP contribution < -0.4 is 5.73 Å². The van der Waals surface area contributed by atoms with Crippen molar-refractivity contribution in [3.05, 3.63) is 10.3 Å². The number of aromatic nitrogens is 3. The smallest absolute Gasteiger partial charge is 0.164 e. The number of rotatable bonds is 1. The molecule has 1 aromatic heterocycles. The van der Waals surface area contributed by atoms with Gasteiger partial charge in [-0.15, -0.1) is 5.10 Å². The molecule has 76 valence electrons. The first-order chi connectivity index (χ1) is 6.52. The summed E-state index contributed by atoms with van der Waals surface area (Å²) in [6, 6.07) is -0.114. The Balaban J connectivity index is 2.87. The molecule has 0 spiro atoms. The average Bonchev–Trinajstić information content (AvgIpc) is 2.43. The van der Waals surface area contributed by atoms with Gasteiger partial charge in [-0.2, -0.15) is 0 Å². The van der Waals surface area contributed by atoms with Crippen LogP contribution in [0.15, 0.2) is 4.60 Å². The quantitative estimate of drug-likeness (QED) is 0.761. The number of nitrogens with two attached hydrogens (primary N) is 1. The highest BCUT2D eigenvalue weighted by atomic mass is 79.9. The highest BCUT2D eigenvalue weighted by molar-refractivity contribution is 9.10. The highest BCUT2D eigenvalue weighted by Crippen LogP contribution is 2.09. The van der Waals surface area contributed by atoms with E-state index in [4.69, 9.17) is 5.73 Å². The van der Waals surface area contributed by atoms with E-state index in [1.807, 2.05) is 13.8 Å². The molecule has 0 aliphatic rings. The third-order valence-corrected chi connectivity index (χ3v) is 2.40. The van der Waals surface area contributed by atoms with Crippen LogP contribution in [-0.4, -0.2) is 21.0 Å². The van der Waals surface area contributed by atoms with Crippen molar-refractivity contribution < 1.29 is 0 Å². The van der Waals surface area contributed by atoms with Crippen molar-refractivity contribution >= 4 is 15.9 Å². The molecule has 0 fully saturated rings. The lowest BCUT2D eigenvalue weighted by molar-refractivity contribution is 0.584. The SMILES string of the molecule is CC(C)C(N)C#Cc1c(Br)nnn1C. The summed E-state index contributed by atoms with van der Waals surface area (Å²) in [6.45, 7) is 4.08. The van der Waals surface area contributed by atoms with Gasteiger partial charge in [-0.1, -0.05) is 25.0 Å². The normalized spacial score (nSPS) is 12.4. The van der Waals surface area contributed by atoms with Crippen molar-refractivity contribution in [3.8, 4) is 11.8 Å². The van der Waals surface area contributed by atoms with E-state index in [0.29, 0.717) is 10.5 Å². The molecular weight excluding hydrogens is 244 g/mol. The molecule has 0 aliphatic carbocycles. The fourth-order valence-corrected chi connectivity index (χ4v) is 1.21. The van der Waals surface area contributed by atoms with Gasteiger partial charge in [0.1, 0.15) is 5.69 Å². The minimum Gasteiger partial charge on any atom is -0.317 e. The molecule has 0 amide bonds. The Hall–Kier alpha value is -0.860. The largest absolute Gasteiger partial charge is 0.317 e. The molecule has 0 saturated carbocycles. The summed E-state index contributed by atoms with van der Waals surface area (Å²) >= 11 is 3.27. The summed E-state index contributed by atoms with van der Waals surface area (Å²) in [5, 5.41) is 7.64. The van der Waals surface area contributed by atoms with Crippen LogP contribution in [0.5, 0.6) is 0 Å². The van der Waals surface area contributed by atoms with E-state index in [2.05, 4.69) is 38.1 Å². The first-order valence-electron chi connectivity index (χ1n) is 4.34. The third-order valence-electron chi connectivity index (χ3n) is 1.86. The van der Waals surface area contributed by atoms with Gasteiger partial charge in [-0.3, -0.25) is 0 Å². The zero-order valence-corrected chi connectivity index (χ0v) is 10.0. The Morgan fingerprint density at radius 3 is 2.57 bits per heavy atom. The molecule has 1 atom stereocenters. The minimum absolute atomic E-state index is 0.114. The summed E-state index contributed by atoms with van der Waals surface area (Å²) in [4.78, 5) is 0. The first kappa shape index (κ1) is 11.2. The molecule has 1 unspecified atom stereocenters. The Morgan fingerprint density at radius 1 is 1.50 bits per heavy atom. The summed E-state index contributed by atoms with van der Waals surface area (Å²) in [7, 11) is 1.79. The molecule has 14 heavy (non-hydrogen) atoms. The maximum Gasteiger partial charge on any atom is 0.164 e. The van der Waals surface area contributed by atoms with E-state index in [1.165, 1.54) is 0 Å². The Morgan fingerprint density at radius 2 is 2.14 bits per heavy atom. The molecule has 0 radical (unpaired) electrons. The van der Waals surface area contributed by atoms with Crippen LogP contribution in [0.25, 0.3) is 0 Å². The Kier molecular flexibility index (Phi) is 3.67. The van der Waals surface area contributed by atoms with Crippen LogP contribution in [0.1, 0.15) is 19.5 Å². The van der Waals surface area contributed by atoms with Crippen LogP contribution in [0, 0.1) is 17.8 Å². The molecule has 0 aromatic carbocycles. The molecular formula is C9H13BrN4. The van der Waals surface area contributed by atoms with Crippen molar-refractivity contribution in [3.63, 3.8) is 0 Å². The number of aryl methyl sites for hydroxylation is 1. The van der Waals surface area contributed by atoms with Gasteiger partial charge in [-0.05, 0) is 27.8 Å². The molecule has 5 heteroatoms. The van der Waals surface area contributed by atoms with Crippen LogP contribution in [0.3, 0.4) is 0 Å². The van der Waals surface area contributed by atoms with E-state index in [-0.39, 0.29) is 6.04 Å². The summed E-state index contributed by atoms with van der Waals surface area (Å²) in [5.41, 5.74) is 6.55. The van der Waals surface area contributed by atoms with E-state index >= 15 is 0 Å². The van der Waals surface area contributed by atoms with Crippen LogP contribution in [0.4, 0.5) is 0 Å². The topological polar surface area (TPSA) is 56.7 Å². The van der Waals surface area contributed by atoms with E-state index in [9.17, 15) is 0 Å². The second-order valence-electron chi connectivity index (χ2n) is 3.39. The van der Waals surface area contributed by atoms with Crippen LogP contribution >= 0.6 is 15.9 Å². The van der Waals surface area contributed by atoms with Gasteiger partial charge in [0.05, 0.1) is 6.04 Å². The van der Waals surface area contributed by atoms with Gasteiger partial charge < -0.3 is 5.73 Å². The molecule has 2 N–H and O–H groups in total. The van der Waals surface area contributed by atoms with Crippen molar-refractivity contribution in [1.82, 2.24) is 15.0 Å². The molecule has 1 aromatic rings. The molecule has 1 rings (SSSR count). The Labute approximate surface area is 92.0 Å². The standard InChI is InChI=1S/C9H13BrN4/c1-6(2)7(11)4-5-8-9(10)12-13-14(8)3/h6-7H,11H2,1-3H3. The van der Waals surface area contributed by atoms with E-state index < -0.39 is 0 Å². The van der Waals surface area contributed by atoms with Gasteiger partial charge in [-0.25, -0.2) is 4.68 Å². The number of nitrogens with zero attached hydrogens (tertiary/aromatic N) is 3. The second kappa shape index (κ2) is 4.58. The van der Waals surface area contributed by atoms with Crippen molar-refractivity contribution in [2.75, 3.05) is 0 Å². The van der Waals surface area contributed by atoms with Gasteiger partial charge in [0, 0.05) is 7.05 Å². The average molecular weight is 257 g/mol. The molecule has 1 heterocycles. The molecule has 0 saturated heterocycles. The van der Waals surface area contributed by atoms with Crippen molar-refractivity contribution in [1.29, 1.82) is 0 Å². The first-order valence-corrected chi connectivity index (χ1v) is 5.14. The third kappa shape index (κ3) is 2.56. The molecule has 0 aliphatic heterocycles. The van der Waals surface area contributed by atoms with Gasteiger partial charge in [0.15, 0.2) is 4.60 Å². The van der Waals surface area contributed by atoms with Gasteiger partial charge in [0.2, 0.25) is 0 Å². The predicted octanol–water partition coefficient (Wildman–Crippen LogP) is 0.912. The Bertz CT molecular complexity index is 352. The van der Waals surface area contributed by atoms with Gasteiger partial charge in [0.25, 0.3) is 0 Å². The fraction of sp³-hybridized carbons (Fsp3) is 0.556. The van der Waals surface area contributed by atoms with E-state index in [1.54, 1.807) is 11.7 Å². The summed E-state index contributed by atoms with van der Waals surface area (Å²) < 4.78 is 2.27. The van der Waals surface area contributed by atoms with Crippen molar-refractivity contribution in [2.45, 2.75) is 19.9 Å². The van der Waals surface area contributed by atoms with E-state index in [0.717, 1.165) is 5.69 Å². The van der Waals surface area contributed by atoms with Crippen LogP contribution in [0.2, 0.25) is 0 Å². The zero-order valence-electron chi connectivity index (χ0n) is 8.45. The lowest BCUT2D eigenvalue weighted by Crippen LogP contribution is -2.24. The lowest BCUT2D eigenvalue weighted by Gasteiger charge is -2.06. The monoisotopic (exact) mass is 256 g/mol. The summed E-state index contributed by atoms with van der Waals surface area (Å²) in [5.74, 6) is 6.27.